The molecule has 3 heterocycles. The second-order valence-electron chi connectivity index (χ2n) is 16.9. The molecule has 0 fully saturated rings. The van der Waals surface area contributed by atoms with Crippen molar-refractivity contribution in [1.29, 1.82) is 0 Å². The minimum atomic E-state index is 0.553. The van der Waals surface area contributed by atoms with Gasteiger partial charge in [0, 0.05) is 38.4 Å². The molecule has 0 aliphatic heterocycles. The number of aromatic nitrogens is 5. The highest BCUT2D eigenvalue weighted by Gasteiger charge is 2.21. The topological polar surface area (TPSA) is 48.5 Å². The summed E-state index contributed by atoms with van der Waals surface area (Å²) < 4.78 is 4.61. The van der Waals surface area contributed by atoms with E-state index in [2.05, 4.69) is 234 Å². The van der Waals surface area contributed by atoms with Gasteiger partial charge in [0.05, 0.1) is 22.1 Å². The Balaban J connectivity index is 1.01. The van der Waals surface area contributed by atoms with E-state index in [9.17, 15) is 0 Å². The zero-order valence-corrected chi connectivity index (χ0v) is 35.8. The number of benzene rings is 10. The standard InChI is InChI=1S/C61H39N5/c1-3-13-40(14-4-1)42-23-25-44(26-24-42)45-29-33-47(34-30-45)60-62-59(46-31-27-43(28-32-46)41-15-5-2-6-16-41)63-61(64-60)66-57-38-49-18-8-7-17-48(49)37-54(57)53-36-35-50(39-58(53)66)65-55-21-11-9-19-51(55)52-20-10-12-22-56(52)65/h1-39H. The predicted octanol–water partition coefficient (Wildman–Crippen LogP) is 15.6. The smallest absolute Gasteiger partial charge is 0.238 e. The first kappa shape index (κ1) is 37.6. The van der Waals surface area contributed by atoms with Crippen LogP contribution in [0.5, 0.6) is 0 Å². The minimum Gasteiger partial charge on any atom is -0.309 e. The van der Waals surface area contributed by atoms with Gasteiger partial charge < -0.3 is 4.57 Å². The van der Waals surface area contributed by atoms with Gasteiger partial charge in [-0.05, 0) is 80.6 Å². The molecule has 0 saturated carbocycles. The van der Waals surface area contributed by atoms with Gasteiger partial charge in [-0.15, -0.1) is 0 Å². The Kier molecular flexibility index (Phi) is 8.78. The van der Waals surface area contributed by atoms with Crippen LogP contribution in [-0.4, -0.2) is 24.1 Å². The van der Waals surface area contributed by atoms with E-state index in [1.165, 1.54) is 27.3 Å². The lowest BCUT2D eigenvalue weighted by Gasteiger charge is -2.13. The van der Waals surface area contributed by atoms with Crippen LogP contribution in [0, 0.1) is 0 Å². The molecule has 0 aliphatic rings. The van der Waals surface area contributed by atoms with Crippen LogP contribution in [0.2, 0.25) is 0 Å². The SMILES string of the molecule is c1ccc(-c2ccc(-c3ccc(-c4nc(-c5ccc(-c6ccccc6)cc5)nc(-n5c6cc(-n7c8ccccc8c8ccccc87)ccc6c6cc7ccccc7cc65)n4)cc3)cc2)cc1. The summed E-state index contributed by atoms with van der Waals surface area (Å²) in [6.07, 6.45) is 0. The Labute approximate surface area is 381 Å². The molecule has 0 spiro atoms. The van der Waals surface area contributed by atoms with Gasteiger partial charge in [-0.1, -0.05) is 200 Å². The maximum absolute atomic E-state index is 5.39. The first-order valence-electron chi connectivity index (χ1n) is 22.3. The molecule has 13 rings (SSSR count). The molecular weight excluding hydrogens is 803 g/mol. The van der Waals surface area contributed by atoms with E-state index < -0.39 is 0 Å². The lowest BCUT2D eigenvalue weighted by molar-refractivity contribution is 0.953. The second-order valence-corrected chi connectivity index (χ2v) is 16.9. The van der Waals surface area contributed by atoms with Gasteiger partial charge in [0.1, 0.15) is 0 Å². The molecule has 13 aromatic rings. The van der Waals surface area contributed by atoms with Gasteiger partial charge in [-0.3, -0.25) is 4.57 Å². The average molecular weight is 842 g/mol. The zero-order valence-electron chi connectivity index (χ0n) is 35.8. The molecule has 0 N–H and O–H groups in total. The van der Waals surface area contributed by atoms with Gasteiger partial charge in [0.15, 0.2) is 11.6 Å². The van der Waals surface area contributed by atoms with Crippen molar-refractivity contribution in [3.63, 3.8) is 0 Å². The second kappa shape index (κ2) is 15.4. The van der Waals surface area contributed by atoms with Crippen LogP contribution in [0.1, 0.15) is 0 Å². The first-order valence-corrected chi connectivity index (χ1v) is 22.3. The summed E-state index contributed by atoms with van der Waals surface area (Å²) in [5.41, 5.74) is 14.2. The number of rotatable bonds is 7. The number of para-hydroxylation sites is 2. The summed E-state index contributed by atoms with van der Waals surface area (Å²) in [6.45, 7) is 0. The van der Waals surface area contributed by atoms with Crippen LogP contribution in [0.25, 0.3) is 122 Å². The van der Waals surface area contributed by atoms with Crippen molar-refractivity contribution in [3.8, 4) is 67.8 Å². The maximum Gasteiger partial charge on any atom is 0.238 e. The highest BCUT2D eigenvalue weighted by Crippen LogP contribution is 2.39. The van der Waals surface area contributed by atoms with E-state index in [1.807, 2.05) is 12.1 Å². The number of hydrogen-bond donors (Lipinski definition) is 0. The summed E-state index contributed by atoms with van der Waals surface area (Å²) in [4.78, 5) is 16.0. The highest BCUT2D eigenvalue weighted by molar-refractivity contribution is 6.14. The van der Waals surface area contributed by atoms with Gasteiger partial charge >= 0.3 is 0 Å². The Morgan fingerprint density at radius 3 is 1.15 bits per heavy atom. The largest absolute Gasteiger partial charge is 0.309 e. The molecule has 10 aromatic carbocycles. The van der Waals surface area contributed by atoms with E-state index in [0.29, 0.717) is 17.6 Å². The molecule has 0 saturated heterocycles. The third-order valence-corrected chi connectivity index (χ3v) is 13.0. The fourth-order valence-electron chi connectivity index (χ4n) is 9.71. The summed E-state index contributed by atoms with van der Waals surface area (Å²) in [5, 5.41) is 7.03. The fraction of sp³-hybridized carbons (Fsp3) is 0. The number of nitrogens with zero attached hydrogens (tertiary/aromatic N) is 5. The molecule has 66 heavy (non-hydrogen) atoms. The summed E-state index contributed by atoms with van der Waals surface area (Å²) in [6, 6.07) is 84.1. The van der Waals surface area contributed by atoms with Crippen molar-refractivity contribution in [1.82, 2.24) is 24.1 Å². The molecule has 3 aromatic heterocycles. The van der Waals surface area contributed by atoms with Crippen LogP contribution in [0.15, 0.2) is 237 Å². The lowest BCUT2D eigenvalue weighted by Crippen LogP contribution is -2.06. The number of hydrogen-bond acceptors (Lipinski definition) is 3. The predicted molar refractivity (Wildman–Crippen MR) is 273 cm³/mol. The highest BCUT2D eigenvalue weighted by atomic mass is 15.2. The molecule has 5 heteroatoms. The third-order valence-electron chi connectivity index (χ3n) is 13.0. The van der Waals surface area contributed by atoms with E-state index >= 15 is 0 Å². The Morgan fingerprint density at radius 1 is 0.242 bits per heavy atom. The van der Waals surface area contributed by atoms with Crippen molar-refractivity contribution in [2.24, 2.45) is 0 Å². The summed E-state index contributed by atoms with van der Waals surface area (Å²) in [7, 11) is 0. The molecule has 0 atom stereocenters. The van der Waals surface area contributed by atoms with Crippen LogP contribution < -0.4 is 0 Å². The van der Waals surface area contributed by atoms with E-state index in [-0.39, 0.29) is 0 Å². The van der Waals surface area contributed by atoms with Crippen LogP contribution in [0.3, 0.4) is 0 Å². The van der Waals surface area contributed by atoms with E-state index in [1.54, 1.807) is 0 Å². The van der Waals surface area contributed by atoms with Crippen molar-refractivity contribution in [2.75, 3.05) is 0 Å². The van der Waals surface area contributed by atoms with Gasteiger partial charge in [-0.25, -0.2) is 4.98 Å². The van der Waals surface area contributed by atoms with Crippen molar-refractivity contribution >= 4 is 54.4 Å². The number of fused-ring (bicyclic) bond motifs is 7. The molecule has 308 valence electrons. The van der Waals surface area contributed by atoms with E-state index in [0.717, 1.165) is 77.3 Å². The van der Waals surface area contributed by atoms with E-state index in [4.69, 9.17) is 15.0 Å². The fourth-order valence-corrected chi connectivity index (χ4v) is 9.71. The van der Waals surface area contributed by atoms with Gasteiger partial charge in [0.2, 0.25) is 5.95 Å². The average Bonchev–Trinajstić information content (AvgIpc) is 3.90. The minimum absolute atomic E-state index is 0.553. The normalized spacial score (nSPS) is 11.6. The van der Waals surface area contributed by atoms with Gasteiger partial charge in [0.25, 0.3) is 0 Å². The molecule has 0 unspecified atom stereocenters. The molecule has 0 bridgehead atoms. The van der Waals surface area contributed by atoms with Crippen molar-refractivity contribution in [3.05, 3.63) is 237 Å². The van der Waals surface area contributed by atoms with Crippen LogP contribution in [-0.2, 0) is 0 Å². The maximum atomic E-state index is 5.39. The monoisotopic (exact) mass is 841 g/mol. The molecular formula is C61H39N5. The zero-order chi connectivity index (χ0) is 43.6. The molecule has 0 amide bonds. The van der Waals surface area contributed by atoms with Crippen LogP contribution >= 0.6 is 0 Å². The lowest BCUT2D eigenvalue weighted by atomic mass is 9.99. The van der Waals surface area contributed by atoms with Crippen molar-refractivity contribution < 1.29 is 0 Å². The first-order chi connectivity index (χ1) is 32.7. The molecule has 0 radical (unpaired) electrons. The third kappa shape index (κ3) is 6.36. The Hall–Kier alpha value is -8.93. The molecule has 5 nitrogen and oxygen atoms in total. The van der Waals surface area contributed by atoms with Crippen molar-refractivity contribution in [2.45, 2.75) is 0 Å². The summed E-state index contributed by atoms with van der Waals surface area (Å²) >= 11 is 0. The summed E-state index contributed by atoms with van der Waals surface area (Å²) in [5.74, 6) is 1.75. The molecule has 0 aliphatic carbocycles. The van der Waals surface area contributed by atoms with Crippen LogP contribution in [0.4, 0.5) is 0 Å². The van der Waals surface area contributed by atoms with Gasteiger partial charge in [-0.2, -0.15) is 9.97 Å². The Morgan fingerprint density at radius 2 is 0.636 bits per heavy atom. The quantitative estimate of drug-likeness (QED) is 0.161. The Bertz CT molecular complexity index is 3890.